The molecule has 3 heterocycles. The largest absolute Gasteiger partial charge is 0.358 e. The van der Waals surface area contributed by atoms with Crippen LogP contribution in [0.5, 0.6) is 0 Å². The number of hydrogen-bond acceptors (Lipinski definition) is 5. The number of para-hydroxylation sites is 2. The average molecular weight is 285 g/mol. The molecule has 1 aliphatic heterocycles. The second-order valence-electron chi connectivity index (χ2n) is 4.82. The van der Waals surface area contributed by atoms with Crippen LogP contribution in [0.15, 0.2) is 36.1 Å². The molecule has 1 aliphatic rings. The fraction of sp³-hybridized carbons (Fsp3) is 0.286. The lowest BCUT2D eigenvalue weighted by molar-refractivity contribution is 0.591. The van der Waals surface area contributed by atoms with Gasteiger partial charge in [0.1, 0.15) is 11.3 Å². The highest BCUT2D eigenvalue weighted by atomic mass is 32.1. The first-order valence-electron chi connectivity index (χ1n) is 6.75. The highest BCUT2D eigenvalue weighted by molar-refractivity contribution is 7.14. The molecule has 20 heavy (non-hydrogen) atoms. The Morgan fingerprint density at radius 3 is 2.85 bits per heavy atom. The number of piperazine rings is 1. The number of thiazole rings is 1. The monoisotopic (exact) mass is 285 g/mol. The Labute approximate surface area is 120 Å². The van der Waals surface area contributed by atoms with Crippen LogP contribution >= 0.6 is 11.3 Å². The molecule has 0 bridgehead atoms. The summed E-state index contributed by atoms with van der Waals surface area (Å²) < 4.78 is 2.09. The Hall–Kier alpha value is -1.92. The zero-order chi connectivity index (χ0) is 13.4. The van der Waals surface area contributed by atoms with Crippen molar-refractivity contribution in [1.29, 1.82) is 0 Å². The maximum atomic E-state index is 4.56. The molecule has 0 unspecified atom stereocenters. The lowest BCUT2D eigenvalue weighted by Crippen LogP contribution is -2.43. The molecule has 102 valence electrons. The summed E-state index contributed by atoms with van der Waals surface area (Å²) in [7, 11) is 0. The number of imidazole rings is 1. The van der Waals surface area contributed by atoms with Gasteiger partial charge in [-0.05, 0) is 12.1 Å². The fourth-order valence-electron chi connectivity index (χ4n) is 2.61. The van der Waals surface area contributed by atoms with Gasteiger partial charge in [-0.3, -0.25) is 4.57 Å². The van der Waals surface area contributed by atoms with Crippen molar-refractivity contribution in [2.24, 2.45) is 0 Å². The maximum absolute atomic E-state index is 4.56. The van der Waals surface area contributed by atoms with Crippen LogP contribution < -0.4 is 10.2 Å². The third kappa shape index (κ3) is 1.88. The molecule has 0 atom stereocenters. The number of rotatable bonds is 2. The van der Waals surface area contributed by atoms with Crippen LogP contribution in [-0.2, 0) is 0 Å². The second kappa shape index (κ2) is 4.88. The topological polar surface area (TPSA) is 46.0 Å². The van der Waals surface area contributed by atoms with E-state index in [1.807, 2.05) is 30.0 Å². The molecule has 0 saturated carbocycles. The summed E-state index contributed by atoms with van der Waals surface area (Å²) in [6.07, 6.45) is 1.87. The predicted octanol–water partition coefficient (Wildman–Crippen LogP) is 1.89. The molecular weight excluding hydrogens is 270 g/mol. The molecule has 6 heteroatoms. The Bertz CT molecular complexity index is 726. The normalized spacial score (nSPS) is 15.9. The Balaban J connectivity index is 1.81. The van der Waals surface area contributed by atoms with Gasteiger partial charge in [-0.2, -0.15) is 0 Å². The summed E-state index contributed by atoms with van der Waals surface area (Å²) in [5, 5.41) is 4.62. The first-order valence-corrected chi connectivity index (χ1v) is 7.63. The number of nitrogens with zero attached hydrogens (tertiary/aromatic N) is 4. The van der Waals surface area contributed by atoms with Crippen molar-refractivity contribution in [1.82, 2.24) is 19.9 Å². The first kappa shape index (κ1) is 11.9. The van der Waals surface area contributed by atoms with Crippen LogP contribution in [0, 0.1) is 0 Å². The molecule has 3 aromatic rings. The van der Waals surface area contributed by atoms with E-state index >= 15 is 0 Å². The van der Waals surface area contributed by atoms with Gasteiger partial charge in [0.25, 0.3) is 0 Å². The number of aromatic nitrogens is 3. The number of anilines is 1. The number of benzene rings is 1. The number of fused-ring (bicyclic) bond motifs is 1. The second-order valence-corrected chi connectivity index (χ2v) is 5.65. The molecule has 0 amide bonds. The molecule has 0 spiro atoms. The minimum Gasteiger partial charge on any atom is -0.358 e. The number of hydrogen-bond donors (Lipinski definition) is 1. The van der Waals surface area contributed by atoms with Crippen LogP contribution in [0.25, 0.3) is 16.9 Å². The standard InChI is InChI=1S/C14H15N5S/c1-2-4-12-11(3-1)16-9-19(12)13-14(20-10-17-13)18-7-5-15-6-8-18/h1-4,9-10,15H,5-8H2. The van der Waals surface area contributed by atoms with Gasteiger partial charge >= 0.3 is 0 Å². The third-order valence-corrected chi connectivity index (χ3v) is 4.49. The lowest BCUT2D eigenvalue weighted by Gasteiger charge is -2.28. The highest BCUT2D eigenvalue weighted by Crippen LogP contribution is 2.30. The van der Waals surface area contributed by atoms with Gasteiger partial charge in [-0.1, -0.05) is 12.1 Å². The molecule has 1 fully saturated rings. The Kier molecular flexibility index (Phi) is 2.90. The summed E-state index contributed by atoms with van der Waals surface area (Å²) >= 11 is 1.70. The summed E-state index contributed by atoms with van der Waals surface area (Å²) in [5.41, 5.74) is 4.03. The molecule has 4 rings (SSSR count). The third-order valence-electron chi connectivity index (χ3n) is 3.62. The lowest BCUT2D eigenvalue weighted by atomic mass is 10.3. The van der Waals surface area contributed by atoms with Gasteiger partial charge in [0, 0.05) is 26.2 Å². The zero-order valence-electron chi connectivity index (χ0n) is 11.0. The van der Waals surface area contributed by atoms with Crippen molar-refractivity contribution in [3.8, 4) is 5.82 Å². The molecule has 1 aromatic carbocycles. The molecule has 2 aromatic heterocycles. The van der Waals surface area contributed by atoms with Crippen LogP contribution in [0.1, 0.15) is 0 Å². The van der Waals surface area contributed by atoms with E-state index in [0.717, 1.165) is 43.0 Å². The van der Waals surface area contributed by atoms with Gasteiger partial charge in [0.2, 0.25) is 0 Å². The zero-order valence-corrected chi connectivity index (χ0v) is 11.8. The van der Waals surface area contributed by atoms with E-state index in [1.54, 1.807) is 11.3 Å². The van der Waals surface area contributed by atoms with Gasteiger partial charge in [-0.15, -0.1) is 11.3 Å². The Morgan fingerprint density at radius 1 is 1.10 bits per heavy atom. The SMILES string of the molecule is c1ccc2c(c1)ncn2-c1ncsc1N1CCNCC1. The van der Waals surface area contributed by atoms with E-state index in [0.29, 0.717) is 0 Å². The van der Waals surface area contributed by atoms with E-state index in [9.17, 15) is 0 Å². The smallest absolute Gasteiger partial charge is 0.173 e. The van der Waals surface area contributed by atoms with Crippen LogP contribution in [0.2, 0.25) is 0 Å². The minimum atomic E-state index is 0.991. The molecule has 0 aliphatic carbocycles. The summed E-state index contributed by atoms with van der Waals surface area (Å²) in [6.45, 7) is 4.12. The van der Waals surface area contributed by atoms with E-state index in [1.165, 1.54) is 5.00 Å². The summed E-state index contributed by atoms with van der Waals surface area (Å²) in [4.78, 5) is 11.4. The van der Waals surface area contributed by atoms with Gasteiger partial charge in [-0.25, -0.2) is 9.97 Å². The highest BCUT2D eigenvalue weighted by Gasteiger charge is 2.18. The van der Waals surface area contributed by atoms with Gasteiger partial charge in [0.15, 0.2) is 5.82 Å². The molecular formula is C14H15N5S. The van der Waals surface area contributed by atoms with E-state index in [4.69, 9.17) is 0 Å². The summed E-state index contributed by atoms with van der Waals surface area (Å²) in [5.74, 6) is 0.991. The van der Waals surface area contributed by atoms with Crippen molar-refractivity contribution >= 4 is 27.4 Å². The molecule has 5 nitrogen and oxygen atoms in total. The van der Waals surface area contributed by atoms with Gasteiger partial charge < -0.3 is 10.2 Å². The minimum absolute atomic E-state index is 0.991. The van der Waals surface area contributed by atoms with Crippen LogP contribution in [0.3, 0.4) is 0 Å². The number of nitrogens with one attached hydrogen (secondary N) is 1. The van der Waals surface area contributed by atoms with E-state index in [2.05, 4.69) is 30.8 Å². The van der Waals surface area contributed by atoms with Crippen molar-refractivity contribution < 1.29 is 0 Å². The quantitative estimate of drug-likeness (QED) is 0.781. The van der Waals surface area contributed by atoms with Crippen molar-refractivity contribution in [3.63, 3.8) is 0 Å². The van der Waals surface area contributed by atoms with Crippen LogP contribution in [-0.4, -0.2) is 40.7 Å². The molecule has 1 saturated heterocycles. The first-order chi connectivity index (χ1) is 9.93. The van der Waals surface area contributed by atoms with E-state index < -0.39 is 0 Å². The Morgan fingerprint density at radius 2 is 1.95 bits per heavy atom. The van der Waals surface area contributed by atoms with Crippen molar-refractivity contribution in [2.75, 3.05) is 31.1 Å². The van der Waals surface area contributed by atoms with Gasteiger partial charge in [0.05, 0.1) is 16.5 Å². The molecule has 0 radical (unpaired) electrons. The average Bonchev–Trinajstić information content (AvgIpc) is 3.14. The van der Waals surface area contributed by atoms with Crippen LogP contribution in [0.4, 0.5) is 5.00 Å². The van der Waals surface area contributed by atoms with Crippen molar-refractivity contribution in [3.05, 3.63) is 36.1 Å². The molecule has 1 N–H and O–H groups in total. The van der Waals surface area contributed by atoms with E-state index in [-0.39, 0.29) is 0 Å². The van der Waals surface area contributed by atoms with Crippen molar-refractivity contribution in [2.45, 2.75) is 0 Å². The fourth-order valence-corrected chi connectivity index (χ4v) is 3.45. The summed E-state index contributed by atoms with van der Waals surface area (Å²) in [6, 6.07) is 8.17. The maximum Gasteiger partial charge on any atom is 0.173 e. The predicted molar refractivity (Wildman–Crippen MR) is 81.8 cm³/mol.